The summed E-state index contributed by atoms with van der Waals surface area (Å²) in [4.78, 5) is 28.7. The second kappa shape index (κ2) is 7.81. The normalized spacial score (nSPS) is 11.2. The van der Waals surface area contributed by atoms with E-state index in [1.165, 1.54) is 11.8 Å². The number of pyridine rings is 2. The van der Waals surface area contributed by atoms with Gasteiger partial charge in [0.25, 0.3) is 0 Å². The molecule has 7 nitrogen and oxygen atoms in total. The lowest BCUT2D eigenvalue weighted by Gasteiger charge is -2.05. The number of nitrogens with one attached hydrogen (secondary N) is 1. The minimum atomic E-state index is -0.0816. The molecular weight excluding hydrogens is 422 g/mol. The zero-order valence-corrected chi connectivity index (χ0v) is 17.0. The first kappa shape index (κ1) is 18.7. The van der Waals surface area contributed by atoms with Crippen LogP contribution in [0.5, 0.6) is 11.5 Å². The van der Waals surface area contributed by atoms with Gasteiger partial charge >= 0.3 is 0 Å². The summed E-state index contributed by atoms with van der Waals surface area (Å²) in [7, 11) is 0. The monoisotopic (exact) mass is 435 g/mol. The van der Waals surface area contributed by atoms with E-state index >= 15 is 0 Å². The van der Waals surface area contributed by atoms with Crippen LogP contribution < -0.4 is 4.74 Å². The Labute approximate surface area is 180 Å². The summed E-state index contributed by atoms with van der Waals surface area (Å²) < 4.78 is 7.55. The van der Waals surface area contributed by atoms with E-state index in [2.05, 4.69) is 19.9 Å². The second-order valence-corrected chi connectivity index (χ2v) is 7.86. The zero-order chi connectivity index (χ0) is 20.5. The number of halogens is 1. The van der Waals surface area contributed by atoms with Crippen molar-refractivity contribution >= 4 is 45.7 Å². The van der Waals surface area contributed by atoms with Gasteiger partial charge in [-0.05, 0) is 42.5 Å². The molecule has 9 heteroatoms. The molecule has 1 N–H and O–H groups in total. The lowest BCUT2D eigenvalue weighted by molar-refractivity contribution is 0.102. The second-order valence-electron chi connectivity index (χ2n) is 6.46. The number of aromatic nitrogens is 5. The number of fused-ring (bicyclic) bond motifs is 2. The maximum Gasteiger partial charge on any atom is 0.193 e. The number of rotatable bonds is 6. The molecule has 0 amide bonds. The lowest BCUT2D eigenvalue weighted by Crippen LogP contribution is -2.04. The Morgan fingerprint density at radius 1 is 1.20 bits per heavy atom. The molecule has 0 fully saturated rings. The summed E-state index contributed by atoms with van der Waals surface area (Å²) >= 11 is 7.33. The number of ketones is 1. The standard InChI is InChI=1S/C21H14ClN5O2S/c22-13-3-5-16-17(8-13)26-21(25-16)30-11-19(28)20-18-6-4-15(10-27(18)12-24-20)29-14-2-1-7-23-9-14/h1-10,12H,11H2,(H,25,26). The van der Waals surface area contributed by atoms with Gasteiger partial charge in [-0.15, -0.1) is 0 Å². The van der Waals surface area contributed by atoms with Crippen molar-refractivity contribution in [2.75, 3.05) is 5.75 Å². The van der Waals surface area contributed by atoms with Gasteiger partial charge in [-0.2, -0.15) is 0 Å². The molecule has 0 radical (unpaired) electrons. The average molecular weight is 436 g/mol. The van der Waals surface area contributed by atoms with Gasteiger partial charge in [0.2, 0.25) is 0 Å². The minimum Gasteiger partial charge on any atom is -0.454 e. The van der Waals surface area contributed by atoms with Gasteiger partial charge in [-0.25, -0.2) is 9.97 Å². The first-order chi connectivity index (χ1) is 14.7. The summed E-state index contributed by atoms with van der Waals surface area (Å²) in [6.07, 6.45) is 6.70. The Bertz CT molecular complexity index is 1370. The molecule has 148 valence electrons. The number of hydrogen-bond acceptors (Lipinski definition) is 6. The molecule has 0 aliphatic carbocycles. The third-order valence-corrected chi connectivity index (χ3v) is 5.51. The van der Waals surface area contributed by atoms with Gasteiger partial charge in [0, 0.05) is 11.2 Å². The third kappa shape index (κ3) is 3.74. The van der Waals surface area contributed by atoms with Crippen LogP contribution in [-0.2, 0) is 0 Å². The largest absolute Gasteiger partial charge is 0.454 e. The van der Waals surface area contributed by atoms with Crippen molar-refractivity contribution in [3.63, 3.8) is 0 Å². The first-order valence-corrected chi connectivity index (χ1v) is 10.4. The summed E-state index contributed by atoms with van der Waals surface area (Å²) in [5.74, 6) is 1.40. The summed E-state index contributed by atoms with van der Waals surface area (Å²) in [5.41, 5.74) is 2.78. The van der Waals surface area contributed by atoms with E-state index in [9.17, 15) is 4.79 Å². The molecule has 0 atom stereocenters. The first-order valence-electron chi connectivity index (χ1n) is 9.01. The number of thioether (sulfide) groups is 1. The number of imidazole rings is 2. The Kier molecular flexibility index (Phi) is 4.86. The van der Waals surface area contributed by atoms with E-state index < -0.39 is 0 Å². The Hall–Kier alpha value is -3.36. The highest BCUT2D eigenvalue weighted by molar-refractivity contribution is 7.99. The van der Waals surface area contributed by atoms with Crippen molar-refractivity contribution < 1.29 is 9.53 Å². The van der Waals surface area contributed by atoms with Crippen molar-refractivity contribution in [1.29, 1.82) is 0 Å². The van der Waals surface area contributed by atoms with E-state index in [1.54, 1.807) is 53.6 Å². The number of benzene rings is 1. The molecular formula is C21H14ClN5O2S. The smallest absolute Gasteiger partial charge is 0.193 e. The van der Waals surface area contributed by atoms with Gasteiger partial charge in [-0.3, -0.25) is 9.78 Å². The molecule has 0 aliphatic heterocycles. The van der Waals surface area contributed by atoms with Gasteiger partial charge in [0.05, 0.1) is 34.7 Å². The van der Waals surface area contributed by atoms with Crippen LogP contribution in [0.25, 0.3) is 16.6 Å². The Morgan fingerprint density at radius 2 is 2.13 bits per heavy atom. The van der Waals surface area contributed by atoms with Crippen LogP contribution in [0.1, 0.15) is 10.5 Å². The van der Waals surface area contributed by atoms with Gasteiger partial charge in [0.1, 0.15) is 23.5 Å². The highest BCUT2D eigenvalue weighted by Crippen LogP contribution is 2.25. The number of carbonyl (C=O) groups is 1. The van der Waals surface area contributed by atoms with Crippen LogP contribution in [0.2, 0.25) is 5.02 Å². The van der Waals surface area contributed by atoms with E-state index in [0.717, 1.165) is 16.6 Å². The van der Waals surface area contributed by atoms with E-state index in [0.29, 0.717) is 27.4 Å². The van der Waals surface area contributed by atoms with Crippen molar-refractivity contribution in [1.82, 2.24) is 24.3 Å². The highest BCUT2D eigenvalue weighted by Gasteiger charge is 2.15. The maximum atomic E-state index is 12.7. The van der Waals surface area contributed by atoms with E-state index in [-0.39, 0.29) is 11.5 Å². The summed E-state index contributed by atoms with van der Waals surface area (Å²) in [5, 5.41) is 1.29. The van der Waals surface area contributed by atoms with Crippen LogP contribution in [0.3, 0.4) is 0 Å². The number of aromatic amines is 1. The topological polar surface area (TPSA) is 85.2 Å². The van der Waals surface area contributed by atoms with Gasteiger partial charge in [0.15, 0.2) is 10.9 Å². The minimum absolute atomic E-state index is 0.0816. The Morgan fingerprint density at radius 3 is 3.00 bits per heavy atom. The summed E-state index contributed by atoms with van der Waals surface area (Å²) in [6, 6.07) is 12.7. The molecule has 0 saturated carbocycles. The van der Waals surface area contributed by atoms with Gasteiger partial charge < -0.3 is 14.1 Å². The molecule has 5 aromatic rings. The number of nitrogens with zero attached hydrogens (tertiary/aromatic N) is 4. The molecule has 5 rings (SSSR count). The number of hydrogen-bond donors (Lipinski definition) is 1. The molecule has 0 saturated heterocycles. The SMILES string of the molecule is O=C(CSc1nc2cc(Cl)ccc2[nH]1)c1ncn2cc(Oc3cccnc3)ccc12. The fourth-order valence-corrected chi connectivity index (χ4v) is 3.94. The predicted molar refractivity (Wildman–Crippen MR) is 116 cm³/mol. The van der Waals surface area contributed by atoms with Crippen LogP contribution in [0.15, 0.2) is 72.5 Å². The molecule has 0 unspecified atom stereocenters. The lowest BCUT2D eigenvalue weighted by atomic mass is 10.2. The fraction of sp³-hybridized carbons (Fsp3) is 0.0476. The number of ether oxygens (including phenoxy) is 1. The molecule has 4 aromatic heterocycles. The van der Waals surface area contributed by atoms with Crippen molar-refractivity contribution in [3.05, 3.63) is 78.1 Å². The van der Waals surface area contributed by atoms with Crippen molar-refractivity contribution in [2.45, 2.75) is 5.16 Å². The summed E-state index contributed by atoms with van der Waals surface area (Å²) in [6.45, 7) is 0. The highest BCUT2D eigenvalue weighted by atomic mass is 35.5. The molecule has 0 spiro atoms. The van der Waals surface area contributed by atoms with Crippen LogP contribution >= 0.6 is 23.4 Å². The van der Waals surface area contributed by atoms with E-state index in [4.69, 9.17) is 16.3 Å². The molecule has 0 aliphatic rings. The van der Waals surface area contributed by atoms with Crippen LogP contribution in [-0.4, -0.2) is 35.9 Å². The van der Waals surface area contributed by atoms with E-state index in [1.807, 2.05) is 18.2 Å². The third-order valence-electron chi connectivity index (χ3n) is 4.40. The predicted octanol–water partition coefficient (Wildman–Crippen LogP) is 5.03. The molecule has 1 aromatic carbocycles. The van der Waals surface area contributed by atoms with Crippen molar-refractivity contribution in [2.24, 2.45) is 0 Å². The van der Waals surface area contributed by atoms with Crippen LogP contribution in [0.4, 0.5) is 0 Å². The molecule has 30 heavy (non-hydrogen) atoms. The average Bonchev–Trinajstić information content (AvgIpc) is 3.36. The van der Waals surface area contributed by atoms with Crippen molar-refractivity contribution in [3.8, 4) is 11.5 Å². The Balaban J connectivity index is 1.31. The molecule has 4 heterocycles. The fourth-order valence-electron chi connectivity index (χ4n) is 3.02. The number of Topliss-reactive ketones (excluding diaryl/α,β-unsaturated/α-hetero) is 1. The number of carbonyl (C=O) groups excluding carboxylic acids is 1. The zero-order valence-electron chi connectivity index (χ0n) is 15.4. The molecule has 0 bridgehead atoms. The van der Waals surface area contributed by atoms with Gasteiger partial charge in [-0.1, -0.05) is 23.4 Å². The van der Waals surface area contributed by atoms with Crippen LogP contribution in [0, 0.1) is 0 Å². The quantitative estimate of drug-likeness (QED) is 0.297. The number of H-pyrrole nitrogens is 1. The maximum absolute atomic E-state index is 12.7.